The number of hydrogen-bond acceptors (Lipinski definition) is 8. The highest BCUT2D eigenvalue weighted by atomic mass is 16.5. The SMILES string of the molecule is NC(=O)C[C@H](NC(=O)OCc1ccccc1)C(=O)N[C@@H](Cc1ccccc1)[C@H](O)C(=O)N1CCC[C@H]1C(=O)NCc1ccncc1. The second-order valence-electron chi connectivity index (χ2n) is 10.9. The van der Waals surface area contributed by atoms with Crippen LogP contribution in [0.5, 0.6) is 0 Å². The van der Waals surface area contributed by atoms with Crippen molar-refractivity contribution in [3.8, 4) is 0 Å². The van der Waals surface area contributed by atoms with Crippen LogP contribution >= 0.6 is 0 Å². The van der Waals surface area contributed by atoms with Gasteiger partial charge in [0.2, 0.25) is 17.7 Å². The van der Waals surface area contributed by atoms with Crippen molar-refractivity contribution >= 4 is 29.7 Å². The van der Waals surface area contributed by atoms with Crippen LogP contribution in [0.15, 0.2) is 85.2 Å². The molecular formula is C33H38N6O7. The van der Waals surface area contributed by atoms with E-state index < -0.39 is 54.5 Å². The molecule has 13 nitrogen and oxygen atoms in total. The van der Waals surface area contributed by atoms with Crippen molar-refractivity contribution in [1.82, 2.24) is 25.8 Å². The highest BCUT2D eigenvalue weighted by molar-refractivity contribution is 5.93. The average molecular weight is 631 g/mol. The number of amides is 5. The molecule has 1 aromatic heterocycles. The third-order valence-electron chi connectivity index (χ3n) is 7.54. The molecule has 0 radical (unpaired) electrons. The number of carbonyl (C=O) groups excluding carboxylic acids is 5. The van der Waals surface area contributed by atoms with Gasteiger partial charge < -0.3 is 36.4 Å². The minimum absolute atomic E-state index is 0.0357. The molecule has 3 aromatic rings. The van der Waals surface area contributed by atoms with Crippen LogP contribution < -0.4 is 21.7 Å². The molecule has 1 aliphatic rings. The number of aliphatic hydroxyl groups is 1. The third kappa shape index (κ3) is 9.86. The lowest BCUT2D eigenvalue weighted by molar-refractivity contribution is -0.147. The van der Waals surface area contributed by atoms with Gasteiger partial charge in [0, 0.05) is 25.5 Å². The molecule has 0 spiro atoms. The zero-order chi connectivity index (χ0) is 32.9. The highest BCUT2D eigenvalue weighted by Crippen LogP contribution is 2.20. The van der Waals surface area contributed by atoms with Crippen molar-refractivity contribution in [2.24, 2.45) is 5.73 Å². The van der Waals surface area contributed by atoms with E-state index in [0.29, 0.717) is 24.0 Å². The van der Waals surface area contributed by atoms with Gasteiger partial charge in [-0.15, -0.1) is 0 Å². The van der Waals surface area contributed by atoms with Crippen LogP contribution in [0.3, 0.4) is 0 Å². The Balaban J connectivity index is 1.45. The van der Waals surface area contributed by atoms with Gasteiger partial charge in [-0.25, -0.2) is 4.79 Å². The monoisotopic (exact) mass is 630 g/mol. The summed E-state index contributed by atoms with van der Waals surface area (Å²) in [6, 6.07) is 17.8. The fraction of sp³-hybridized carbons (Fsp3) is 0.333. The number of primary amides is 1. The fourth-order valence-electron chi connectivity index (χ4n) is 5.16. The Morgan fingerprint density at radius 1 is 0.913 bits per heavy atom. The van der Waals surface area contributed by atoms with Crippen molar-refractivity contribution < 1.29 is 33.8 Å². The Labute approximate surface area is 266 Å². The summed E-state index contributed by atoms with van der Waals surface area (Å²) < 4.78 is 5.19. The number of benzene rings is 2. The lowest BCUT2D eigenvalue weighted by atomic mass is 9.99. The lowest BCUT2D eigenvalue weighted by Gasteiger charge is -2.31. The largest absolute Gasteiger partial charge is 0.445 e. The molecule has 1 saturated heterocycles. The Bertz CT molecular complexity index is 1480. The first-order valence-electron chi connectivity index (χ1n) is 15.0. The number of hydrogen-bond donors (Lipinski definition) is 5. The summed E-state index contributed by atoms with van der Waals surface area (Å²) in [5.74, 6) is -2.81. The predicted molar refractivity (Wildman–Crippen MR) is 166 cm³/mol. The highest BCUT2D eigenvalue weighted by Gasteiger charge is 2.40. The van der Waals surface area contributed by atoms with E-state index in [4.69, 9.17) is 10.5 Å². The Kier molecular flexibility index (Phi) is 12.2. The Morgan fingerprint density at radius 3 is 2.22 bits per heavy atom. The molecule has 6 N–H and O–H groups in total. The van der Waals surface area contributed by atoms with Gasteiger partial charge in [0.05, 0.1) is 12.5 Å². The van der Waals surface area contributed by atoms with Gasteiger partial charge in [0.25, 0.3) is 5.91 Å². The van der Waals surface area contributed by atoms with Gasteiger partial charge in [-0.2, -0.15) is 0 Å². The van der Waals surface area contributed by atoms with Crippen LogP contribution in [0, 0.1) is 0 Å². The number of nitrogens with two attached hydrogens (primary N) is 1. The first-order chi connectivity index (χ1) is 22.2. The summed E-state index contributed by atoms with van der Waals surface area (Å²) >= 11 is 0. The number of likely N-dealkylation sites (tertiary alicyclic amines) is 1. The van der Waals surface area contributed by atoms with E-state index in [1.54, 1.807) is 79.1 Å². The number of carbonyl (C=O) groups is 5. The van der Waals surface area contributed by atoms with E-state index in [1.807, 2.05) is 6.07 Å². The second kappa shape index (κ2) is 16.7. The van der Waals surface area contributed by atoms with Gasteiger partial charge in [-0.05, 0) is 48.1 Å². The lowest BCUT2D eigenvalue weighted by Crippen LogP contribution is -2.58. The minimum atomic E-state index is -1.75. The number of ether oxygens (including phenoxy) is 1. The molecular weight excluding hydrogens is 592 g/mol. The minimum Gasteiger partial charge on any atom is -0.445 e. The van der Waals surface area contributed by atoms with Crippen molar-refractivity contribution in [1.29, 1.82) is 0 Å². The van der Waals surface area contributed by atoms with Crippen LogP contribution in [0.25, 0.3) is 0 Å². The standard InChI is InChI=1S/C33H38N6O7/c34-28(40)19-26(38-33(45)46-21-24-10-5-2-6-11-24)30(42)37-25(18-22-8-3-1-4-9-22)29(41)32(44)39-17-7-12-27(39)31(43)36-20-23-13-15-35-16-14-23/h1-6,8-11,13-16,25-27,29,41H,7,12,17-21H2,(H2,34,40)(H,36,43)(H,37,42)(H,38,45)/t25-,26-,27-,29-/m0/s1. The number of aromatic nitrogens is 1. The summed E-state index contributed by atoms with van der Waals surface area (Å²) in [7, 11) is 0. The number of nitrogens with zero attached hydrogens (tertiary/aromatic N) is 2. The molecule has 4 rings (SSSR count). The van der Waals surface area contributed by atoms with Crippen molar-refractivity contribution in [3.63, 3.8) is 0 Å². The predicted octanol–water partition coefficient (Wildman–Crippen LogP) is 0.948. The maximum Gasteiger partial charge on any atom is 0.408 e. The fourth-order valence-corrected chi connectivity index (χ4v) is 5.16. The number of nitrogens with one attached hydrogen (secondary N) is 3. The Hall–Kier alpha value is -5.30. The molecule has 46 heavy (non-hydrogen) atoms. The summed E-state index contributed by atoms with van der Waals surface area (Å²) in [4.78, 5) is 69.8. The van der Waals surface area contributed by atoms with E-state index >= 15 is 0 Å². The average Bonchev–Trinajstić information content (AvgIpc) is 3.56. The molecule has 242 valence electrons. The molecule has 0 bridgehead atoms. The van der Waals surface area contributed by atoms with Crippen LogP contribution in [0.2, 0.25) is 0 Å². The molecule has 0 saturated carbocycles. The molecule has 2 aromatic carbocycles. The van der Waals surface area contributed by atoms with Crippen molar-refractivity contribution in [2.45, 2.75) is 63.1 Å². The third-order valence-corrected chi connectivity index (χ3v) is 7.54. The maximum absolute atomic E-state index is 13.7. The quantitative estimate of drug-likeness (QED) is 0.174. The first-order valence-corrected chi connectivity index (χ1v) is 15.0. The molecule has 5 amide bonds. The smallest absolute Gasteiger partial charge is 0.408 e. The normalized spacial score (nSPS) is 16.0. The first kappa shape index (κ1) is 33.6. The van der Waals surface area contributed by atoms with E-state index in [0.717, 1.165) is 5.56 Å². The number of pyridine rings is 1. The van der Waals surface area contributed by atoms with Crippen molar-refractivity contribution in [3.05, 3.63) is 102 Å². The molecule has 2 heterocycles. The van der Waals surface area contributed by atoms with Gasteiger partial charge in [-0.1, -0.05) is 60.7 Å². The summed E-state index contributed by atoms with van der Waals surface area (Å²) in [6.45, 7) is 0.417. The molecule has 1 aliphatic heterocycles. The van der Waals surface area contributed by atoms with Gasteiger partial charge in [-0.3, -0.25) is 24.2 Å². The van der Waals surface area contributed by atoms with E-state index in [-0.39, 0.29) is 32.0 Å². The van der Waals surface area contributed by atoms with Crippen LogP contribution in [0.4, 0.5) is 4.79 Å². The zero-order valence-electron chi connectivity index (χ0n) is 25.2. The topological polar surface area (TPSA) is 193 Å². The van der Waals surface area contributed by atoms with E-state index in [9.17, 15) is 29.1 Å². The van der Waals surface area contributed by atoms with Crippen LogP contribution in [-0.2, 0) is 43.5 Å². The molecule has 1 fully saturated rings. The summed E-state index contributed by atoms with van der Waals surface area (Å²) in [5.41, 5.74) is 7.62. The van der Waals surface area contributed by atoms with Gasteiger partial charge in [0.1, 0.15) is 18.7 Å². The van der Waals surface area contributed by atoms with Crippen molar-refractivity contribution in [2.75, 3.05) is 6.54 Å². The number of aliphatic hydroxyl groups excluding tert-OH is 1. The van der Waals surface area contributed by atoms with Gasteiger partial charge in [0.15, 0.2) is 6.10 Å². The van der Waals surface area contributed by atoms with Crippen LogP contribution in [-0.4, -0.2) is 75.5 Å². The summed E-state index contributed by atoms with van der Waals surface area (Å²) in [6.07, 6.45) is 0.955. The number of rotatable bonds is 14. The molecule has 13 heteroatoms. The van der Waals surface area contributed by atoms with E-state index in [1.165, 1.54) is 4.90 Å². The molecule has 0 unspecified atom stereocenters. The molecule has 4 atom stereocenters. The summed E-state index contributed by atoms with van der Waals surface area (Å²) in [5, 5.41) is 19.2. The Morgan fingerprint density at radius 2 is 1.57 bits per heavy atom. The van der Waals surface area contributed by atoms with Gasteiger partial charge >= 0.3 is 6.09 Å². The second-order valence-corrected chi connectivity index (χ2v) is 10.9. The molecule has 0 aliphatic carbocycles. The maximum atomic E-state index is 13.7. The zero-order valence-corrected chi connectivity index (χ0v) is 25.2. The van der Waals surface area contributed by atoms with E-state index in [2.05, 4.69) is 20.9 Å². The van der Waals surface area contributed by atoms with Crippen LogP contribution in [0.1, 0.15) is 36.0 Å². The number of alkyl carbamates (subject to hydrolysis) is 1.